The Bertz CT molecular complexity index is 1420. The standard InChI is InChI=1S/C25H23N5O2S/c1-2-16-12-23(30-21-8-4-3-7-19(21)28-24(30)18(16)13-26)33-15-22(31)17-11-20(27-14-17)25(32)29-9-5-6-10-29/h3-4,7-8,11-12,14,27H,2,5-6,9-10,15H2,1H3. The fourth-order valence-corrected chi connectivity index (χ4v) is 5.33. The van der Waals surface area contributed by atoms with E-state index in [-0.39, 0.29) is 17.4 Å². The Morgan fingerprint density at radius 3 is 2.76 bits per heavy atom. The lowest BCUT2D eigenvalue weighted by atomic mass is 10.1. The first-order valence-electron chi connectivity index (χ1n) is 11.1. The average Bonchev–Trinajstić information content (AvgIpc) is 3.60. The topological polar surface area (TPSA) is 94.3 Å². The Kier molecular flexibility index (Phi) is 5.65. The Morgan fingerprint density at radius 2 is 2.00 bits per heavy atom. The summed E-state index contributed by atoms with van der Waals surface area (Å²) in [6.45, 7) is 3.54. The monoisotopic (exact) mass is 457 g/mol. The second-order valence-corrected chi connectivity index (χ2v) is 9.12. The molecule has 0 atom stereocenters. The van der Waals surface area contributed by atoms with Crippen LogP contribution in [0.5, 0.6) is 0 Å². The molecule has 0 bridgehead atoms. The number of aryl methyl sites for hydroxylation is 1. The van der Waals surface area contributed by atoms with Crippen LogP contribution in [-0.4, -0.2) is 49.8 Å². The van der Waals surface area contributed by atoms with Gasteiger partial charge < -0.3 is 9.88 Å². The van der Waals surface area contributed by atoms with Crippen molar-refractivity contribution in [2.24, 2.45) is 0 Å². The fourth-order valence-electron chi connectivity index (χ4n) is 4.35. The van der Waals surface area contributed by atoms with Crippen molar-refractivity contribution in [2.75, 3.05) is 18.8 Å². The molecule has 1 saturated heterocycles. The number of thioether (sulfide) groups is 1. The van der Waals surface area contributed by atoms with E-state index in [9.17, 15) is 14.9 Å². The summed E-state index contributed by atoms with van der Waals surface area (Å²) >= 11 is 1.42. The lowest BCUT2D eigenvalue weighted by Crippen LogP contribution is -2.27. The molecular formula is C25H23N5O2S. The zero-order valence-electron chi connectivity index (χ0n) is 18.3. The summed E-state index contributed by atoms with van der Waals surface area (Å²) in [4.78, 5) is 35.0. The van der Waals surface area contributed by atoms with E-state index < -0.39 is 0 Å². The first kappa shape index (κ1) is 21.3. The summed E-state index contributed by atoms with van der Waals surface area (Å²) in [6.07, 6.45) is 4.36. The molecule has 7 nitrogen and oxygen atoms in total. The van der Waals surface area contributed by atoms with Crippen LogP contribution in [-0.2, 0) is 6.42 Å². The highest BCUT2D eigenvalue weighted by Gasteiger charge is 2.22. The van der Waals surface area contributed by atoms with Gasteiger partial charge in [-0.25, -0.2) is 4.98 Å². The van der Waals surface area contributed by atoms with Crippen LogP contribution >= 0.6 is 11.8 Å². The van der Waals surface area contributed by atoms with Crippen LogP contribution in [0.4, 0.5) is 0 Å². The van der Waals surface area contributed by atoms with E-state index in [0.29, 0.717) is 28.9 Å². The number of benzene rings is 1. The van der Waals surface area contributed by atoms with Crippen molar-refractivity contribution >= 4 is 40.1 Å². The van der Waals surface area contributed by atoms with E-state index in [0.717, 1.165) is 47.6 Å². The van der Waals surface area contributed by atoms with Crippen molar-refractivity contribution in [1.82, 2.24) is 19.3 Å². The minimum absolute atomic E-state index is 0.0505. The number of fused-ring (bicyclic) bond motifs is 3. The number of H-pyrrole nitrogens is 1. The average molecular weight is 458 g/mol. The molecule has 1 aliphatic rings. The number of amides is 1. The van der Waals surface area contributed by atoms with Gasteiger partial charge in [0.1, 0.15) is 11.8 Å². The van der Waals surface area contributed by atoms with Crippen molar-refractivity contribution in [3.63, 3.8) is 0 Å². The van der Waals surface area contributed by atoms with Gasteiger partial charge in [0.05, 0.1) is 27.4 Å². The quantitative estimate of drug-likeness (QED) is 0.341. The third-order valence-corrected chi connectivity index (χ3v) is 7.10. The minimum Gasteiger partial charge on any atom is -0.356 e. The number of hydrogen-bond acceptors (Lipinski definition) is 5. The molecule has 0 spiro atoms. The molecule has 0 aliphatic carbocycles. The zero-order valence-corrected chi connectivity index (χ0v) is 19.1. The molecule has 0 saturated carbocycles. The van der Waals surface area contributed by atoms with E-state index in [4.69, 9.17) is 4.98 Å². The number of Topliss-reactive ketones (excluding diaryl/α,β-unsaturated/α-hetero) is 1. The van der Waals surface area contributed by atoms with Gasteiger partial charge in [-0.1, -0.05) is 30.8 Å². The van der Waals surface area contributed by atoms with Gasteiger partial charge in [-0.05, 0) is 49.1 Å². The number of ketones is 1. The number of nitrogens with one attached hydrogen (secondary N) is 1. The molecule has 0 unspecified atom stereocenters. The van der Waals surface area contributed by atoms with Crippen LogP contribution in [0.25, 0.3) is 16.7 Å². The minimum atomic E-state index is -0.0586. The Hall–Kier alpha value is -3.57. The summed E-state index contributed by atoms with van der Waals surface area (Å²) < 4.78 is 1.96. The number of carbonyl (C=O) groups excluding carboxylic acids is 2. The van der Waals surface area contributed by atoms with E-state index in [2.05, 4.69) is 11.1 Å². The van der Waals surface area contributed by atoms with Gasteiger partial charge >= 0.3 is 0 Å². The molecule has 8 heteroatoms. The highest BCUT2D eigenvalue weighted by molar-refractivity contribution is 8.00. The first-order chi connectivity index (χ1) is 16.1. The van der Waals surface area contributed by atoms with Gasteiger partial charge in [0.15, 0.2) is 11.4 Å². The molecule has 4 heterocycles. The van der Waals surface area contributed by atoms with Gasteiger partial charge in [0, 0.05) is 24.8 Å². The highest BCUT2D eigenvalue weighted by Crippen LogP contribution is 2.30. The van der Waals surface area contributed by atoms with Crippen molar-refractivity contribution in [3.05, 3.63) is 65.0 Å². The lowest BCUT2D eigenvalue weighted by Gasteiger charge is -2.13. The summed E-state index contributed by atoms with van der Waals surface area (Å²) in [5.74, 6) is 0.105. The molecule has 0 radical (unpaired) electrons. The van der Waals surface area contributed by atoms with E-state index in [1.165, 1.54) is 11.8 Å². The second kappa shape index (κ2) is 8.75. The molecule has 1 N–H and O–H groups in total. The van der Waals surface area contributed by atoms with Crippen molar-refractivity contribution in [1.29, 1.82) is 5.26 Å². The van der Waals surface area contributed by atoms with Crippen LogP contribution in [0, 0.1) is 11.3 Å². The molecular weight excluding hydrogens is 434 g/mol. The molecule has 1 amide bonds. The maximum Gasteiger partial charge on any atom is 0.270 e. The number of likely N-dealkylation sites (tertiary alicyclic amines) is 1. The van der Waals surface area contributed by atoms with Gasteiger partial charge in [-0.2, -0.15) is 5.26 Å². The Labute approximate surface area is 195 Å². The predicted octanol–water partition coefficient (Wildman–Crippen LogP) is 4.46. The number of pyridine rings is 1. The van der Waals surface area contributed by atoms with Crippen molar-refractivity contribution in [2.45, 2.75) is 31.2 Å². The van der Waals surface area contributed by atoms with Gasteiger partial charge in [-0.3, -0.25) is 14.0 Å². The SMILES string of the molecule is CCc1cc(SCC(=O)c2c[nH]c(C(=O)N3CCCC3)c2)n2c(nc3ccccc32)c1C#N. The highest BCUT2D eigenvalue weighted by atomic mass is 32.2. The molecule has 3 aromatic heterocycles. The Morgan fingerprint density at radius 1 is 1.21 bits per heavy atom. The molecule has 166 valence electrons. The normalized spacial score (nSPS) is 13.6. The van der Waals surface area contributed by atoms with E-state index >= 15 is 0 Å². The summed E-state index contributed by atoms with van der Waals surface area (Å²) in [7, 11) is 0. The van der Waals surface area contributed by atoms with Crippen LogP contribution in [0.1, 0.15) is 51.7 Å². The van der Waals surface area contributed by atoms with E-state index in [1.807, 2.05) is 46.6 Å². The summed E-state index contributed by atoms with van der Waals surface area (Å²) in [6, 6.07) is 13.7. The molecule has 1 fully saturated rings. The number of aromatic amines is 1. The summed E-state index contributed by atoms with van der Waals surface area (Å²) in [5.41, 5.74) is 4.78. The number of nitrogens with zero attached hydrogens (tertiary/aromatic N) is 4. The number of nitriles is 1. The smallest absolute Gasteiger partial charge is 0.270 e. The fraction of sp³-hybridized carbons (Fsp3) is 0.280. The molecule has 1 aromatic carbocycles. The van der Waals surface area contributed by atoms with Gasteiger partial charge in [0.25, 0.3) is 5.91 Å². The van der Waals surface area contributed by atoms with Crippen LogP contribution in [0.2, 0.25) is 0 Å². The third kappa shape index (κ3) is 3.79. The number of imidazole rings is 1. The van der Waals surface area contributed by atoms with Crippen molar-refractivity contribution < 1.29 is 9.59 Å². The van der Waals surface area contributed by atoms with Crippen LogP contribution in [0.15, 0.2) is 47.6 Å². The lowest BCUT2D eigenvalue weighted by molar-refractivity contribution is 0.0787. The molecule has 5 rings (SSSR count). The van der Waals surface area contributed by atoms with Gasteiger partial charge in [0.2, 0.25) is 0 Å². The molecule has 4 aromatic rings. The summed E-state index contributed by atoms with van der Waals surface area (Å²) in [5, 5.41) is 10.6. The maximum absolute atomic E-state index is 12.9. The largest absolute Gasteiger partial charge is 0.356 e. The third-order valence-electron chi connectivity index (χ3n) is 6.10. The van der Waals surface area contributed by atoms with Crippen molar-refractivity contribution in [3.8, 4) is 6.07 Å². The number of para-hydroxylation sites is 2. The van der Waals surface area contributed by atoms with Crippen LogP contribution < -0.4 is 0 Å². The van der Waals surface area contributed by atoms with Gasteiger partial charge in [-0.15, -0.1) is 0 Å². The Balaban J connectivity index is 1.43. The zero-order chi connectivity index (χ0) is 22.9. The number of aromatic nitrogens is 3. The van der Waals surface area contributed by atoms with Crippen LogP contribution in [0.3, 0.4) is 0 Å². The first-order valence-corrected chi connectivity index (χ1v) is 12.1. The number of rotatable bonds is 6. The number of hydrogen-bond donors (Lipinski definition) is 1. The number of carbonyl (C=O) groups is 2. The van der Waals surface area contributed by atoms with E-state index in [1.54, 1.807) is 12.3 Å². The molecule has 1 aliphatic heterocycles. The molecule has 33 heavy (non-hydrogen) atoms. The maximum atomic E-state index is 12.9. The second-order valence-electron chi connectivity index (χ2n) is 8.12. The predicted molar refractivity (Wildman–Crippen MR) is 128 cm³/mol.